The van der Waals surface area contributed by atoms with E-state index in [0.29, 0.717) is 12.1 Å². The smallest absolute Gasteiger partial charge is 0.247 e. The molecule has 1 unspecified atom stereocenters. The van der Waals surface area contributed by atoms with Gasteiger partial charge in [0.2, 0.25) is 11.8 Å². The second-order valence-electron chi connectivity index (χ2n) is 9.67. The van der Waals surface area contributed by atoms with Crippen LogP contribution in [0.15, 0.2) is 109 Å². The molecule has 0 aliphatic carbocycles. The second kappa shape index (κ2) is 11.2. The topological polar surface area (TPSA) is 74.0 Å². The molecule has 0 saturated carbocycles. The number of aromatic amines is 1. The highest BCUT2D eigenvalue weighted by molar-refractivity contribution is 5.99. The summed E-state index contributed by atoms with van der Waals surface area (Å²) in [4.78, 5) is 30.8. The molecule has 1 heterocycles. The molecule has 0 fully saturated rings. The van der Waals surface area contributed by atoms with Gasteiger partial charge in [0.05, 0.1) is 5.92 Å². The van der Waals surface area contributed by atoms with Crippen LogP contribution >= 0.6 is 0 Å². The van der Waals surface area contributed by atoms with Crippen LogP contribution < -0.4 is 10.6 Å². The summed E-state index contributed by atoms with van der Waals surface area (Å²) in [6.07, 6.45) is 2.27. The fraction of sp³-hybridized carbons (Fsp3) is 0.152. The first-order chi connectivity index (χ1) is 18.5. The minimum absolute atomic E-state index is 0.220. The Morgan fingerprint density at radius 2 is 1.37 bits per heavy atom. The Bertz CT molecular complexity index is 1520. The number of hydrogen-bond acceptors (Lipinski definition) is 2. The van der Waals surface area contributed by atoms with E-state index in [-0.39, 0.29) is 11.8 Å². The maximum Gasteiger partial charge on any atom is 0.247 e. The van der Waals surface area contributed by atoms with Crippen molar-refractivity contribution in [1.82, 2.24) is 10.3 Å². The molecule has 1 aromatic heterocycles. The van der Waals surface area contributed by atoms with Crippen molar-refractivity contribution >= 4 is 28.4 Å². The Morgan fingerprint density at radius 3 is 2.03 bits per heavy atom. The van der Waals surface area contributed by atoms with Gasteiger partial charge in [0.1, 0.15) is 6.04 Å². The third-order valence-corrected chi connectivity index (χ3v) is 7.03. The molecule has 5 rings (SSSR count). The van der Waals surface area contributed by atoms with Gasteiger partial charge >= 0.3 is 0 Å². The van der Waals surface area contributed by atoms with Crippen molar-refractivity contribution in [1.29, 1.82) is 0 Å². The van der Waals surface area contributed by atoms with Gasteiger partial charge in [0.25, 0.3) is 0 Å². The Labute approximate surface area is 222 Å². The lowest BCUT2D eigenvalue weighted by molar-refractivity contribution is -0.126. The van der Waals surface area contributed by atoms with Gasteiger partial charge in [-0.3, -0.25) is 9.59 Å². The number of nitrogens with one attached hydrogen (secondary N) is 3. The van der Waals surface area contributed by atoms with Crippen LogP contribution in [0.2, 0.25) is 0 Å². The number of carbonyl (C=O) groups is 2. The number of aromatic nitrogens is 1. The number of H-pyrrole nitrogens is 1. The van der Waals surface area contributed by atoms with Gasteiger partial charge in [0, 0.05) is 29.2 Å². The van der Waals surface area contributed by atoms with E-state index in [1.165, 1.54) is 0 Å². The van der Waals surface area contributed by atoms with Crippen LogP contribution in [-0.4, -0.2) is 22.8 Å². The van der Waals surface area contributed by atoms with Gasteiger partial charge in [-0.25, -0.2) is 0 Å². The molecule has 0 bridgehead atoms. The minimum Gasteiger partial charge on any atom is -0.361 e. The summed E-state index contributed by atoms with van der Waals surface area (Å²) in [7, 11) is 0. The third kappa shape index (κ3) is 5.52. The highest BCUT2D eigenvalue weighted by Gasteiger charge is 2.29. The van der Waals surface area contributed by atoms with Crippen molar-refractivity contribution in [2.45, 2.75) is 32.2 Å². The quantitative estimate of drug-likeness (QED) is 0.234. The van der Waals surface area contributed by atoms with Crippen molar-refractivity contribution < 1.29 is 9.59 Å². The van der Waals surface area contributed by atoms with Gasteiger partial charge in [-0.05, 0) is 59.9 Å². The predicted molar refractivity (Wildman–Crippen MR) is 153 cm³/mol. The van der Waals surface area contributed by atoms with Crippen molar-refractivity contribution in [3.05, 3.63) is 137 Å². The third-order valence-electron chi connectivity index (χ3n) is 7.03. The van der Waals surface area contributed by atoms with Crippen LogP contribution in [0.5, 0.6) is 0 Å². The zero-order valence-electron chi connectivity index (χ0n) is 21.6. The summed E-state index contributed by atoms with van der Waals surface area (Å²) in [6, 6.07) is 32.4. The van der Waals surface area contributed by atoms with Crippen molar-refractivity contribution in [2.75, 3.05) is 5.32 Å². The highest BCUT2D eigenvalue weighted by atomic mass is 16.2. The minimum atomic E-state index is -0.779. The molecule has 0 spiro atoms. The first-order valence-corrected chi connectivity index (χ1v) is 12.8. The Kier molecular flexibility index (Phi) is 7.36. The Morgan fingerprint density at radius 1 is 0.737 bits per heavy atom. The van der Waals surface area contributed by atoms with Gasteiger partial charge < -0.3 is 15.6 Å². The van der Waals surface area contributed by atoms with Gasteiger partial charge in [-0.2, -0.15) is 0 Å². The number of benzene rings is 4. The first-order valence-electron chi connectivity index (χ1n) is 12.8. The first kappa shape index (κ1) is 25.0. The fourth-order valence-corrected chi connectivity index (χ4v) is 4.82. The summed E-state index contributed by atoms with van der Waals surface area (Å²) < 4.78 is 0. The lowest BCUT2D eigenvalue weighted by Gasteiger charge is -2.23. The standard InChI is InChI=1S/C33H31N3O2/c1-22-17-18-27(19-23(22)2)35-32(37)30(20-26-21-34-29-16-10-9-15-28(26)29)36-33(38)31(24-11-5-3-6-12-24)25-13-7-4-8-14-25/h3-19,21,30-31,34H,20H2,1-2H3,(H,35,37)(H,36,38). The lowest BCUT2D eigenvalue weighted by Crippen LogP contribution is -2.47. The van der Waals surface area contributed by atoms with E-state index in [0.717, 1.165) is 38.7 Å². The van der Waals surface area contributed by atoms with Crippen LogP contribution in [0.3, 0.4) is 0 Å². The average molecular weight is 502 g/mol. The van der Waals surface area contributed by atoms with Crippen molar-refractivity contribution in [3.63, 3.8) is 0 Å². The molecule has 2 amide bonds. The maximum absolute atomic E-state index is 13.9. The lowest BCUT2D eigenvalue weighted by atomic mass is 9.90. The predicted octanol–water partition coefficient (Wildman–Crippen LogP) is 6.28. The van der Waals surface area contributed by atoms with Crippen molar-refractivity contribution in [2.24, 2.45) is 0 Å². The van der Waals surface area contributed by atoms with E-state index in [9.17, 15) is 9.59 Å². The Hall–Kier alpha value is -4.64. The van der Waals surface area contributed by atoms with E-state index in [1.807, 2.05) is 123 Å². The number of amides is 2. The SMILES string of the molecule is Cc1ccc(NC(=O)C(Cc2c[nH]c3ccccc23)NC(=O)C(c2ccccc2)c2ccccc2)cc1C. The molecule has 0 saturated heterocycles. The number of aryl methyl sites for hydroxylation is 2. The molecule has 1 atom stereocenters. The van der Waals surface area contributed by atoms with Gasteiger partial charge in [0.15, 0.2) is 0 Å². The fourth-order valence-electron chi connectivity index (χ4n) is 4.82. The zero-order valence-corrected chi connectivity index (χ0v) is 21.6. The number of carbonyl (C=O) groups excluding carboxylic acids is 2. The summed E-state index contributed by atoms with van der Waals surface area (Å²) in [6.45, 7) is 4.05. The van der Waals surface area contributed by atoms with Crippen LogP contribution in [0.4, 0.5) is 5.69 Å². The molecule has 3 N–H and O–H groups in total. The summed E-state index contributed by atoms with van der Waals surface area (Å²) in [5, 5.41) is 7.16. The Balaban J connectivity index is 1.47. The maximum atomic E-state index is 13.9. The van der Waals surface area contributed by atoms with Crippen LogP contribution in [0, 0.1) is 13.8 Å². The monoisotopic (exact) mass is 501 g/mol. The summed E-state index contributed by atoms with van der Waals surface area (Å²) in [5.41, 5.74) is 6.66. The van der Waals surface area contributed by atoms with E-state index < -0.39 is 12.0 Å². The highest BCUT2D eigenvalue weighted by Crippen LogP contribution is 2.26. The molecule has 190 valence electrons. The van der Waals surface area contributed by atoms with E-state index in [4.69, 9.17) is 0 Å². The number of para-hydroxylation sites is 1. The molecule has 0 aliphatic rings. The molecule has 0 aliphatic heterocycles. The van der Waals surface area contributed by atoms with E-state index in [1.54, 1.807) is 0 Å². The molecular weight excluding hydrogens is 470 g/mol. The summed E-state index contributed by atoms with van der Waals surface area (Å²) >= 11 is 0. The largest absolute Gasteiger partial charge is 0.361 e. The molecular formula is C33H31N3O2. The average Bonchev–Trinajstić information content (AvgIpc) is 3.34. The number of rotatable bonds is 8. The van der Waals surface area contributed by atoms with Gasteiger partial charge in [-0.1, -0.05) is 84.9 Å². The van der Waals surface area contributed by atoms with Gasteiger partial charge in [-0.15, -0.1) is 0 Å². The number of hydrogen-bond donors (Lipinski definition) is 3. The normalized spacial score (nSPS) is 11.9. The molecule has 5 aromatic rings. The second-order valence-corrected chi connectivity index (χ2v) is 9.67. The van der Waals surface area contributed by atoms with E-state index >= 15 is 0 Å². The molecule has 5 nitrogen and oxygen atoms in total. The molecule has 0 radical (unpaired) electrons. The van der Waals surface area contributed by atoms with E-state index in [2.05, 4.69) is 15.6 Å². The summed E-state index contributed by atoms with van der Waals surface area (Å²) in [5.74, 6) is -1.02. The van der Waals surface area contributed by atoms with Crippen LogP contribution in [-0.2, 0) is 16.0 Å². The molecule has 4 aromatic carbocycles. The van der Waals surface area contributed by atoms with Crippen LogP contribution in [0.25, 0.3) is 10.9 Å². The van der Waals surface area contributed by atoms with Crippen molar-refractivity contribution in [3.8, 4) is 0 Å². The zero-order chi connectivity index (χ0) is 26.5. The number of anilines is 1. The van der Waals surface area contributed by atoms with Crippen LogP contribution in [0.1, 0.15) is 33.7 Å². The molecule has 38 heavy (non-hydrogen) atoms. The molecule has 5 heteroatoms. The number of fused-ring (bicyclic) bond motifs is 1.